The summed E-state index contributed by atoms with van der Waals surface area (Å²) in [5, 5.41) is 8.96. The number of nitrogens with zero attached hydrogens (tertiary/aromatic N) is 7. The molecule has 0 radical (unpaired) electrons. The molecule has 17 nitrogen and oxygen atoms in total. The monoisotopic (exact) mass is 789 g/mol. The SMILES string of the molecule is C=C1CCC(N2C(=O)c3cccc(NCC(=O)N4CCC(c5ccc(Nc6nc(N7CCC[C@@H](N8CCN(C)C8=O)C7)cnc6C(N)=O)cc5)CC4)c3C2=O)C(=O)N1. The van der Waals surface area contributed by atoms with Crippen molar-refractivity contribution in [2.45, 2.75) is 56.5 Å². The first-order valence-corrected chi connectivity index (χ1v) is 19.8. The fraction of sp³-hybridized carbons (Fsp3) is 0.415. The molecule has 58 heavy (non-hydrogen) atoms. The largest absolute Gasteiger partial charge is 0.375 e. The summed E-state index contributed by atoms with van der Waals surface area (Å²) >= 11 is 0. The molecule has 7 amide bonds. The predicted octanol–water partition coefficient (Wildman–Crippen LogP) is 2.86. The molecule has 5 aliphatic heterocycles. The Balaban J connectivity index is 0.858. The van der Waals surface area contributed by atoms with E-state index in [1.807, 2.05) is 36.2 Å². The van der Waals surface area contributed by atoms with Gasteiger partial charge in [-0.15, -0.1) is 0 Å². The highest BCUT2D eigenvalue weighted by Gasteiger charge is 2.45. The van der Waals surface area contributed by atoms with Crippen LogP contribution in [0.15, 0.2) is 60.9 Å². The zero-order valence-electron chi connectivity index (χ0n) is 32.4. The number of likely N-dealkylation sites (N-methyl/N-ethyl adjacent to an activating group) is 1. The maximum absolute atomic E-state index is 13.5. The number of anilines is 4. The summed E-state index contributed by atoms with van der Waals surface area (Å²) in [6.07, 6.45) is 5.65. The normalized spacial score (nSPS) is 21.4. The molecule has 0 spiro atoms. The Labute approximate surface area is 335 Å². The summed E-state index contributed by atoms with van der Waals surface area (Å²) in [6, 6.07) is 12.0. The molecule has 1 unspecified atom stereocenters. The van der Waals surface area contributed by atoms with Crippen LogP contribution >= 0.6 is 0 Å². The Morgan fingerprint density at radius 2 is 1.72 bits per heavy atom. The molecule has 1 aromatic heterocycles. The minimum Gasteiger partial charge on any atom is -0.375 e. The third-order valence-corrected chi connectivity index (χ3v) is 11.9. The number of rotatable bonds is 10. The first-order chi connectivity index (χ1) is 28.0. The van der Waals surface area contributed by atoms with Crippen molar-refractivity contribution in [1.29, 1.82) is 0 Å². The number of carbonyl (C=O) groups is 6. The van der Waals surface area contributed by atoms with Gasteiger partial charge >= 0.3 is 6.03 Å². The molecular formula is C41H47N11O6. The van der Waals surface area contributed by atoms with Gasteiger partial charge in [0.05, 0.1) is 29.9 Å². The summed E-state index contributed by atoms with van der Waals surface area (Å²) in [7, 11) is 1.82. The standard InChI is InChI=1S/C41H47N11O6/c1-24-8-13-31(38(55)45-24)52-39(56)29-6-3-7-30(34(29)40(52)57)43-22-33(53)49-17-14-26(15-18-49)25-9-11-27(12-10-25)46-37-35(36(42)54)44-21-32(47-37)50-16-4-5-28(23-50)51-20-19-48(2)41(51)58/h3,6-7,9-12,21,26,28,31,43H,1,4-5,8,13-20,22-23H2,2H3,(H2,42,54)(H,45,55)(H,46,47)/t28-,31?/m1/s1. The molecule has 5 aliphatic rings. The number of hydrogen-bond acceptors (Lipinski definition) is 11. The van der Waals surface area contributed by atoms with E-state index in [0.717, 1.165) is 42.7 Å². The number of benzene rings is 2. The van der Waals surface area contributed by atoms with E-state index in [4.69, 9.17) is 10.7 Å². The Morgan fingerprint density at radius 3 is 2.43 bits per heavy atom. The van der Waals surface area contributed by atoms with Gasteiger partial charge in [0.2, 0.25) is 11.8 Å². The molecule has 0 bridgehead atoms. The molecule has 4 fully saturated rings. The number of aromatic nitrogens is 2. The van der Waals surface area contributed by atoms with E-state index >= 15 is 0 Å². The Bertz CT molecular complexity index is 2190. The number of urea groups is 1. The lowest BCUT2D eigenvalue weighted by Crippen LogP contribution is -2.51. The zero-order valence-corrected chi connectivity index (χ0v) is 32.4. The van der Waals surface area contributed by atoms with E-state index in [2.05, 4.69) is 32.4 Å². The number of imide groups is 1. The second-order valence-corrected chi connectivity index (χ2v) is 15.5. The molecule has 17 heteroatoms. The van der Waals surface area contributed by atoms with Gasteiger partial charge in [-0.05, 0) is 74.3 Å². The molecule has 2 aromatic carbocycles. The third kappa shape index (κ3) is 7.39. The van der Waals surface area contributed by atoms with Gasteiger partial charge in [-0.25, -0.2) is 14.8 Å². The van der Waals surface area contributed by atoms with Gasteiger partial charge in [0, 0.05) is 63.4 Å². The second-order valence-electron chi connectivity index (χ2n) is 15.5. The van der Waals surface area contributed by atoms with Crippen molar-refractivity contribution in [1.82, 2.24) is 34.9 Å². The number of nitrogens with two attached hydrogens (primary N) is 1. The Hall–Kier alpha value is -6.52. The van der Waals surface area contributed by atoms with Gasteiger partial charge < -0.3 is 41.3 Å². The van der Waals surface area contributed by atoms with Crippen LogP contribution in [0.5, 0.6) is 0 Å². The Morgan fingerprint density at radius 1 is 0.948 bits per heavy atom. The van der Waals surface area contributed by atoms with Crippen LogP contribution in [0.2, 0.25) is 0 Å². The van der Waals surface area contributed by atoms with E-state index in [1.54, 1.807) is 34.2 Å². The number of primary amides is 1. The van der Waals surface area contributed by atoms with Gasteiger partial charge in [-0.3, -0.25) is 28.9 Å². The minimum atomic E-state index is -0.918. The number of amides is 7. The molecule has 5 N–H and O–H groups in total. The van der Waals surface area contributed by atoms with E-state index in [9.17, 15) is 28.8 Å². The van der Waals surface area contributed by atoms with E-state index < -0.39 is 29.7 Å². The van der Waals surface area contributed by atoms with Gasteiger partial charge in [0.1, 0.15) is 11.9 Å². The topological polar surface area (TPSA) is 207 Å². The summed E-state index contributed by atoms with van der Waals surface area (Å²) in [5.41, 5.74) is 8.84. The highest BCUT2D eigenvalue weighted by atomic mass is 16.2. The van der Waals surface area contributed by atoms with Crippen molar-refractivity contribution >= 4 is 58.6 Å². The van der Waals surface area contributed by atoms with Crippen LogP contribution < -0.4 is 26.6 Å². The number of carbonyl (C=O) groups excluding carboxylic acids is 6. The number of allylic oxidation sites excluding steroid dienone is 1. The van der Waals surface area contributed by atoms with E-state index in [1.165, 1.54) is 0 Å². The molecule has 3 aromatic rings. The minimum absolute atomic E-state index is 0.0309. The third-order valence-electron chi connectivity index (χ3n) is 11.9. The van der Waals surface area contributed by atoms with E-state index in [-0.39, 0.29) is 53.1 Å². The zero-order chi connectivity index (χ0) is 40.7. The van der Waals surface area contributed by atoms with Crippen LogP contribution in [0.3, 0.4) is 0 Å². The summed E-state index contributed by atoms with van der Waals surface area (Å²) in [6.45, 7) is 7.60. The number of likely N-dealkylation sites (tertiary alicyclic amines) is 1. The molecular weight excluding hydrogens is 743 g/mol. The molecule has 0 aliphatic carbocycles. The van der Waals surface area contributed by atoms with Crippen LogP contribution in [0.1, 0.15) is 81.2 Å². The lowest BCUT2D eigenvalue weighted by Gasteiger charge is -2.37. The van der Waals surface area contributed by atoms with Crippen LogP contribution in [0.25, 0.3) is 0 Å². The lowest BCUT2D eigenvalue weighted by molar-refractivity contribution is -0.130. The highest BCUT2D eigenvalue weighted by molar-refractivity contribution is 6.25. The van der Waals surface area contributed by atoms with Crippen LogP contribution in [-0.2, 0) is 9.59 Å². The number of hydrogen-bond donors (Lipinski definition) is 4. The molecule has 8 rings (SSSR count). The van der Waals surface area contributed by atoms with Crippen LogP contribution in [0.4, 0.5) is 27.8 Å². The second kappa shape index (κ2) is 15.8. The maximum Gasteiger partial charge on any atom is 0.320 e. The highest BCUT2D eigenvalue weighted by Crippen LogP contribution is 2.34. The van der Waals surface area contributed by atoms with Crippen molar-refractivity contribution in [2.75, 3.05) is 68.4 Å². The first-order valence-electron chi connectivity index (χ1n) is 19.8. The molecule has 4 saturated heterocycles. The molecule has 302 valence electrons. The summed E-state index contributed by atoms with van der Waals surface area (Å²) < 4.78 is 0. The van der Waals surface area contributed by atoms with Crippen LogP contribution in [-0.4, -0.2) is 130 Å². The first kappa shape index (κ1) is 38.4. The number of fused-ring (bicyclic) bond motifs is 1. The maximum atomic E-state index is 13.5. The van der Waals surface area contributed by atoms with Crippen molar-refractivity contribution < 1.29 is 28.8 Å². The molecule has 2 atom stereocenters. The van der Waals surface area contributed by atoms with Crippen molar-refractivity contribution in [3.05, 3.63) is 83.3 Å². The quantitative estimate of drug-likeness (QED) is 0.220. The smallest absolute Gasteiger partial charge is 0.320 e. The number of piperidine rings is 3. The average molecular weight is 790 g/mol. The summed E-state index contributed by atoms with van der Waals surface area (Å²) in [4.78, 5) is 95.4. The van der Waals surface area contributed by atoms with Crippen molar-refractivity contribution in [3.63, 3.8) is 0 Å². The molecule has 6 heterocycles. The van der Waals surface area contributed by atoms with Gasteiger partial charge in [-0.1, -0.05) is 24.8 Å². The van der Waals surface area contributed by atoms with Gasteiger partial charge in [0.25, 0.3) is 17.7 Å². The number of nitrogens with one attached hydrogen (secondary N) is 3. The van der Waals surface area contributed by atoms with E-state index in [0.29, 0.717) is 68.5 Å². The van der Waals surface area contributed by atoms with Gasteiger partial charge in [-0.2, -0.15) is 0 Å². The Kier molecular flexibility index (Phi) is 10.4. The fourth-order valence-corrected chi connectivity index (χ4v) is 8.69. The lowest BCUT2D eigenvalue weighted by atomic mass is 9.89. The summed E-state index contributed by atoms with van der Waals surface area (Å²) in [5.74, 6) is -1.26. The predicted molar refractivity (Wildman–Crippen MR) is 215 cm³/mol. The van der Waals surface area contributed by atoms with Crippen molar-refractivity contribution in [3.8, 4) is 0 Å². The van der Waals surface area contributed by atoms with Crippen molar-refractivity contribution in [2.24, 2.45) is 5.73 Å². The molecule has 0 saturated carbocycles. The van der Waals surface area contributed by atoms with Crippen LogP contribution in [0, 0.1) is 0 Å². The van der Waals surface area contributed by atoms with Gasteiger partial charge in [0.15, 0.2) is 11.5 Å². The average Bonchev–Trinajstić information content (AvgIpc) is 3.70. The fourth-order valence-electron chi connectivity index (χ4n) is 8.69.